The van der Waals surface area contributed by atoms with Gasteiger partial charge in [0, 0.05) is 20.8 Å². The lowest BCUT2D eigenvalue weighted by Gasteiger charge is -2.26. The van der Waals surface area contributed by atoms with E-state index in [9.17, 15) is 0 Å². The van der Waals surface area contributed by atoms with Crippen molar-refractivity contribution in [3.63, 3.8) is 0 Å². The van der Waals surface area contributed by atoms with Crippen molar-refractivity contribution in [3.8, 4) is 0 Å². The predicted octanol–water partition coefficient (Wildman–Crippen LogP) is 2.07. The molecule has 0 radical (unpaired) electrons. The monoisotopic (exact) mass is 283 g/mol. The zero-order valence-electron chi connectivity index (χ0n) is 12.4. The van der Waals surface area contributed by atoms with Crippen LogP contribution in [-0.4, -0.2) is 37.5 Å². The number of nitrogens with one attached hydrogen (secondary N) is 1. The van der Waals surface area contributed by atoms with Crippen LogP contribution in [-0.2, 0) is 16.0 Å². The zero-order valence-corrected chi connectivity index (χ0v) is 12.4. The summed E-state index contributed by atoms with van der Waals surface area (Å²) in [6.45, 7) is 2.01. The van der Waals surface area contributed by atoms with E-state index in [1.807, 2.05) is 0 Å². The molecule has 6 heteroatoms. The lowest BCUT2D eigenvalue weighted by atomic mass is 9.85. The third-order valence-corrected chi connectivity index (χ3v) is 3.83. The quantitative estimate of drug-likeness (QED) is 0.737. The molecule has 1 aliphatic rings. The van der Waals surface area contributed by atoms with Crippen LogP contribution in [0.25, 0.3) is 0 Å². The molecule has 1 atom stereocenters. The van der Waals surface area contributed by atoms with Crippen molar-refractivity contribution < 1.29 is 14.0 Å². The molecule has 0 aliphatic heterocycles. The molecule has 0 spiro atoms. The molecular formula is C14H25N3O3. The fraction of sp³-hybridized carbons (Fsp3) is 0.857. The van der Waals surface area contributed by atoms with Gasteiger partial charge in [-0.15, -0.1) is 0 Å². The number of hydrogen-bond donors (Lipinski definition) is 1. The Hall–Kier alpha value is -0.980. The maximum Gasteiger partial charge on any atom is 0.240 e. The molecule has 2 rings (SSSR count). The summed E-state index contributed by atoms with van der Waals surface area (Å²) >= 11 is 0. The van der Waals surface area contributed by atoms with Gasteiger partial charge in [-0.1, -0.05) is 24.4 Å². The fourth-order valence-electron chi connectivity index (χ4n) is 2.77. The molecule has 1 aromatic rings. The van der Waals surface area contributed by atoms with Gasteiger partial charge in [0.2, 0.25) is 11.7 Å². The standard InChI is InChI=1S/C14H25N3O3/c1-18-9-8-15-10-12-16-14(17-20-12)13(19-2)11-6-4-3-5-7-11/h11,13,15H,3-10H2,1-2H3. The predicted molar refractivity (Wildman–Crippen MR) is 74.2 cm³/mol. The first-order valence-electron chi connectivity index (χ1n) is 7.40. The molecule has 1 N–H and O–H groups in total. The maximum atomic E-state index is 5.61. The molecule has 0 amide bonds. The van der Waals surface area contributed by atoms with Gasteiger partial charge in [0.15, 0.2) is 0 Å². The Kier molecular flexibility index (Phi) is 6.42. The highest BCUT2D eigenvalue weighted by molar-refractivity contribution is 4.94. The average molecular weight is 283 g/mol. The molecule has 6 nitrogen and oxygen atoms in total. The molecule has 1 aliphatic carbocycles. The van der Waals surface area contributed by atoms with Gasteiger partial charge in [-0.05, 0) is 18.8 Å². The third-order valence-electron chi connectivity index (χ3n) is 3.83. The van der Waals surface area contributed by atoms with E-state index in [1.165, 1.54) is 32.1 Å². The molecule has 1 aromatic heterocycles. The second-order valence-electron chi connectivity index (χ2n) is 5.27. The Morgan fingerprint density at radius 2 is 2.10 bits per heavy atom. The van der Waals surface area contributed by atoms with Gasteiger partial charge in [0.1, 0.15) is 6.10 Å². The number of aromatic nitrogens is 2. The first-order chi connectivity index (χ1) is 9.85. The van der Waals surface area contributed by atoms with E-state index in [0.717, 1.165) is 6.54 Å². The van der Waals surface area contributed by atoms with Gasteiger partial charge in [0.25, 0.3) is 0 Å². The Bertz CT molecular complexity index is 377. The van der Waals surface area contributed by atoms with Crippen LogP contribution >= 0.6 is 0 Å². The van der Waals surface area contributed by atoms with Crippen LogP contribution in [0.1, 0.15) is 49.9 Å². The van der Waals surface area contributed by atoms with E-state index >= 15 is 0 Å². The number of methoxy groups -OCH3 is 2. The van der Waals surface area contributed by atoms with E-state index < -0.39 is 0 Å². The van der Waals surface area contributed by atoms with Crippen LogP contribution in [0.3, 0.4) is 0 Å². The summed E-state index contributed by atoms with van der Waals surface area (Å²) in [4.78, 5) is 4.45. The van der Waals surface area contributed by atoms with Crippen molar-refractivity contribution >= 4 is 0 Å². The SMILES string of the molecule is COCCNCc1nc(C(OC)C2CCCCC2)no1. The van der Waals surface area contributed by atoms with E-state index in [2.05, 4.69) is 15.5 Å². The second kappa shape index (κ2) is 8.34. The smallest absolute Gasteiger partial charge is 0.240 e. The Morgan fingerprint density at radius 3 is 2.80 bits per heavy atom. The van der Waals surface area contributed by atoms with Gasteiger partial charge < -0.3 is 19.3 Å². The topological polar surface area (TPSA) is 69.4 Å². The van der Waals surface area contributed by atoms with E-state index in [4.69, 9.17) is 14.0 Å². The van der Waals surface area contributed by atoms with Crippen molar-refractivity contribution in [3.05, 3.63) is 11.7 Å². The minimum absolute atomic E-state index is 0.0354. The van der Waals surface area contributed by atoms with Crippen molar-refractivity contribution in [1.29, 1.82) is 0 Å². The van der Waals surface area contributed by atoms with Crippen LogP contribution in [0.15, 0.2) is 4.52 Å². The fourth-order valence-corrected chi connectivity index (χ4v) is 2.77. The first-order valence-corrected chi connectivity index (χ1v) is 7.40. The molecule has 20 heavy (non-hydrogen) atoms. The summed E-state index contributed by atoms with van der Waals surface area (Å²) in [7, 11) is 3.41. The van der Waals surface area contributed by atoms with Gasteiger partial charge in [0.05, 0.1) is 13.2 Å². The third kappa shape index (κ3) is 4.26. The van der Waals surface area contributed by atoms with Crippen molar-refractivity contribution in [2.45, 2.75) is 44.8 Å². The number of hydrogen-bond acceptors (Lipinski definition) is 6. The summed E-state index contributed by atoms with van der Waals surface area (Å²) in [6, 6.07) is 0. The molecule has 0 saturated heterocycles. The van der Waals surface area contributed by atoms with Gasteiger partial charge in [-0.25, -0.2) is 0 Å². The van der Waals surface area contributed by atoms with Gasteiger partial charge in [-0.2, -0.15) is 4.98 Å². The Balaban J connectivity index is 1.88. The molecule has 0 aromatic carbocycles. The molecule has 114 valence electrons. The largest absolute Gasteiger partial charge is 0.383 e. The van der Waals surface area contributed by atoms with E-state index in [0.29, 0.717) is 30.8 Å². The second-order valence-corrected chi connectivity index (χ2v) is 5.27. The van der Waals surface area contributed by atoms with E-state index in [1.54, 1.807) is 14.2 Å². The first kappa shape index (κ1) is 15.4. The van der Waals surface area contributed by atoms with Crippen LogP contribution in [0, 0.1) is 5.92 Å². The van der Waals surface area contributed by atoms with Crippen molar-refractivity contribution in [1.82, 2.24) is 15.5 Å². The average Bonchev–Trinajstić information content (AvgIpc) is 2.94. The maximum absolute atomic E-state index is 5.61. The summed E-state index contributed by atoms with van der Waals surface area (Å²) in [5.41, 5.74) is 0. The normalized spacial score (nSPS) is 18.3. The molecular weight excluding hydrogens is 258 g/mol. The number of rotatable bonds is 8. The molecule has 1 saturated carbocycles. The summed E-state index contributed by atoms with van der Waals surface area (Å²) in [5.74, 6) is 1.80. The van der Waals surface area contributed by atoms with Gasteiger partial charge in [-0.3, -0.25) is 0 Å². The minimum Gasteiger partial charge on any atom is -0.383 e. The highest BCUT2D eigenvalue weighted by atomic mass is 16.5. The van der Waals surface area contributed by atoms with Crippen molar-refractivity contribution in [2.75, 3.05) is 27.4 Å². The van der Waals surface area contributed by atoms with Crippen LogP contribution < -0.4 is 5.32 Å². The number of nitrogens with zero attached hydrogens (tertiary/aromatic N) is 2. The van der Waals surface area contributed by atoms with Crippen LogP contribution in [0.2, 0.25) is 0 Å². The summed E-state index contributed by atoms with van der Waals surface area (Å²) < 4.78 is 15.9. The summed E-state index contributed by atoms with van der Waals surface area (Å²) in [6.07, 6.45) is 6.21. The Morgan fingerprint density at radius 1 is 1.30 bits per heavy atom. The lowest BCUT2D eigenvalue weighted by molar-refractivity contribution is 0.0273. The highest BCUT2D eigenvalue weighted by Gasteiger charge is 2.28. The molecule has 1 heterocycles. The summed E-state index contributed by atoms with van der Waals surface area (Å²) in [5, 5.41) is 7.27. The Labute approximate surface area is 120 Å². The van der Waals surface area contributed by atoms with Crippen molar-refractivity contribution in [2.24, 2.45) is 5.92 Å². The van der Waals surface area contributed by atoms with Gasteiger partial charge >= 0.3 is 0 Å². The lowest BCUT2D eigenvalue weighted by Crippen LogP contribution is -2.20. The number of ether oxygens (including phenoxy) is 2. The molecule has 1 unspecified atom stereocenters. The van der Waals surface area contributed by atoms with Crippen LogP contribution in [0.4, 0.5) is 0 Å². The highest BCUT2D eigenvalue weighted by Crippen LogP contribution is 2.35. The zero-order chi connectivity index (χ0) is 14.2. The minimum atomic E-state index is -0.0354. The van der Waals surface area contributed by atoms with E-state index in [-0.39, 0.29) is 6.10 Å². The molecule has 0 bridgehead atoms. The van der Waals surface area contributed by atoms with Crippen LogP contribution in [0.5, 0.6) is 0 Å². The molecule has 1 fully saturated rings.